The van der Waals surface area contributed by atoms with Crippen LogP contribution < -0.4 is 16.4 Å². The molecule has 0 aromatic heterocycles. The van der Waals surface area contributed by atoms with Gasteiger partial charge in [0.25, 0.3) is 0 Å². The summed E-state index contributed by atoms with van der Waals surface area (Å²) < 4.78 is 0. The van der Waals surface area contributed by atoms with Crippen molar-refractivity contribution in [3.63, 3.8) is 0 Å². The van der Waals surface area contributed by atoms with Gasteiger partial charge >= 0.3 is 0 Å². The normalized spacial score (nSPS) is 13.1. The monoisotopic (exact) mass is 311 g/mol. The summed E-state index contributed by atoms with van der Waals surface area (Å²) in [6.45, 7) is 0.534. The maximum atomic E-state index is 11.7. The maximum Gasteiger partial charge on any atom is 0.224 e. The fourth-order valence-electron chi connectivity index (χ4n) is 1.89. The van der Waals surface area contributed by atoms with E-state index in [1.807, 2.05) is 12.1 Å². The maximum absolute atomic E-state index is 11.7. The average Bonchev–Trinajstić information content (AvgIpc) is 3.21. The zero-order chi connectivity index (χ0) is 14.4. The standard InChI is InChI=1S/C15H21N3O2.ClH/c16-12-5-3-11(4-6-12)10-15(20)17-9-1-2-14(19)18-13-7-8-13;/h3-6,13H,1-2,7-10,16H2,(H,17,20)(H,18,19);1H. The average molecular weight is 312 g/mol. The third-order valence-electron chi connectivity index (χ3n) is 3.19. The molecule has 1 aliphatic rings. The predicted molar refractivity (Wildman–Crippen MR) is 85.2 cm³/mol. The Bertz CT molecular complexity index is 472. The number of anilines is 1. The Morgan fingerprint density at radius 1 is 1.14 bits per heavy atom. The molecule has 1 aromatic carbocycles. The molecule has 1 aliphatic carbocycles. The molecule has 6 heteroatoms. The van der Waals surface area contributed by atoms with Gasteiger partial charge in [-0.25, -0.2) is 0 Å². The van der Waals surface area contributed by atoms with Crippen LogP contribution in [-0.2, 0) is 16.0 Å². The van der Waals surface area contributed by atoms with Crippen LogP contribution in [0.5, 0.6) is 0 Å². The number of nitrogens with one attached hydrogen (secondary N) is 2. The van der Waals surface area contributed by atoms with E-state index in [2.05, 4.69) is 10.6 Å². The van der Waals surface area contributed by atoms with E-state index in [0.29, 0.717) is 37.5 Å². The molecule has 0 unspecified atom stereocenters. The van der Waals surface area contributed by atoms with Crippen molar-refractivity contribution in [1.82, 2.24) is 10.6 Å². The van der Waals surface area contributed by atoms with E-state index in [4.69, 9.17) is 5.73 Å². The smallest absolute Gasteiger partial charge is 0.224 e. The van der Waals surface area contributed by atoms with Crippen LogP contribution in [0.15, 0.2) is 24.3 Å². The SMILES string of the molecule is Cl.Nc1ccc(CC(=O)NCCCC(=O)NC2CC2)cc1. The van der Waals surface area contributed by atoms with Crippen molar-refractivity contribution in [3.8, 4) is 0 Å². The first-order valence-electron chi connectivity index (χ1n) is 7.04. The number of benzene rings is 1. The Labute approximate surface area is 131 Å². The Morgan fingerprint density at radius 2 is 1.81 bits per heavy atom. The Kier molecular flexibility index (Phi) is 7.02. The van der Waals surface area contributed by atoms with Crippen molar-refractivity contribution in [2.45, 2.75) is 38.1 Å². The Morgan fingerprint density at radius 3 is 2.43 bits per heavy atom. The highest BCUT2D eigenvalue weighted by Crippen LogP contribution is 2.18. The third kappa shape index (κ3) is 6.99. The van der Waals surface area contributed by atoms with E-state index in [1.165, 1.54) is 0 Å². The van der Waals surface area contributed by atoms with Crippen molar-refractivity contribution >= 4 is 29.9 Å². The van der Waals surface area contributed by atoms with E-state index in [9.17, 15) is 9.59 Å². The topological polar surface area (TPSA) is 84.2 Å². The van der Waals surface area contributed by atoms with E-state index >= 15 is 0 Å². The summed E-state index contributed by atoms with van der Waals surface area (Å²) in [5.41, 5.74) is 7.21. The van der Waals surface area contributed by atoms with Crippen LogP contribution in [-0.4, -0.2) is 24.4 Å². The van der Waals surface area contributed by atoms with E-state index in [0.717, 1.165) is 18.4 Å². The number of halogens is 1. The lowest BCUT2D eigenvalue weighted by Crippen LogP contribution is -2.29. The second-order valence-corrected chi connectivity index (χ2v) is 5.21. The second-order valence-electron chi connectivity index (χ2n) is 5.21. The highest BCUT2D eigenvalue weighted by Gasteiger charge is 2.22. The van der Waals surface area contributed by atoms with Gasteiger partial charge in [0.1, 0.15) is 0 Å². The molecule has 1 saturated carbocycles. The molecule has 5 nitrogen and oxygen atoms in total. The fraction of sp³-hybridized carbons (Fsp3) is 0.467. The van der Waals surface area contributed by atoms with Crippen LogP contribution in [0.25, 0.3) is 0 Å². The van der Waals surface area contributed by atoms with Gasteiger partial charge in [0.2, 0.25) is 11.8 Å². The minimum Gasteiger partial charge on any atom is -0.399 e. The molecule has 2 amide bonds. The van der Waals surface area contributed by atoms with Gasteiger partial charge in [0.15, 0.2) is 0 Å². The van der Waals surface area contributed by atoms with Gasteiger partial charge in [-0.1, -0.05) is 12.1 Å². The number of carbonyl (C=O) groups excluding carboxylic acids is 2. The minimum absolute atomic E-state index is 0. The van der Waals surface area contributed by atoms with Gasteiger partial charge in [0.05, 0.1) is 6.42 Å². The first kappa shape index (κ1) is 17.3. The second kappa shape index (κ2) is 8.52. The van der Waals surface area contributed by atoms with Gasteiger partial charge in [-0.3, -0.25) is 9.59 Å². The quantitative estimate of drug-likeness (QED) is 0.526. The number of carbonyl (C=O) groups is 2. The molecule has 4 N–H and O–H groups in total. The summed E-state index contributed by atoms with van der Waals surface area (Å²) in [7, 11) is 0. The van der Waals surface area contributed by atoms with Crippen LogP contribution in [0, 0.1) is 0 Å². The van der Waals surface area contributed by atoms with E-state index < -0.39 is 0 Å². The van der Waals surface area contributed by atoms with Gasteiger partial charge in [-0.05, 0) is 37.0 Å². The summed E-state index contributed by atoms with van der Waals surface area (Å²) >= 11 is 0. The molecular formula is C15H22ClN3O2. The zero-order valence-electron chi connectivity index (χ0n) is 11.9. The van der Waals surface area contributed by atoms with Crippen molar-refractivity contribution in [3.05, 3.63) is 29.8 Å². The molecular weight excluding hydrogens is 290 g/mol. The number of amides is 2. The first-order chi connectivity index (χ1) is 9.63. The van der Waals surface area contributed by atoms with Gasteiger partial charge in [-0.15, -0.1) is 12.4 Å². The zero-order valence-corrected chi connectivity index (χ0v) is 12.7. The molecule has 0 atom stereocenters. The summed E-state index contributed by atoms with van der Waals surface area (Å²) in [5, 5.41) is 5.74. The molecule has 0 saturated heterocycles. The highest BCUT2D eigenvalue weighted by atomic mass is 35.5. The number of hydrogen-bond donors (Lipinski definition) is 3. The fourth-order valence-corrected chi connectivity index (χ4v) is 1.89. The lowest BCUT2D eigenvalue weighted by atomic mass is 10.1. The van der Waals surface area contributed by atoms with Crippen molar-refractivity contribution in [2.75, 3.05) is 12.3 Å². The van der Waals surface area contributed by atoms with Crippen LogP contribution in [0.2, 0.25) is 0 Å². The molecule has 0 aliphatic heterocycles. The molecule has 0 radical (unpaired) electrons. The third-order valence-corrected chi connectivity index (χ3v) is 3.19. The van der Waals surface area contributed by atoms with E-state index in [1.54, 1.807) is 12.1 Å². The Hall–Kier alpha value is -1.75. The number of hydrogen-bond acceptors (Lipinski definition) is 3. The van der Waals surface area contributed by atoms with E-state index in [-0.39, 0.29) is 24.2 Å². The molecule has 1 aromatic rings. The summed E-state index contributed by atoms with van der Waals surface area (Å²) in [5.74, 6) is 0.0534. The molecule has 0 heterocycles. The van der Waals surface area contributed by atoms with Gasteiger partial charge in [0, 0.05) is 24.7 Å². The predicted octanol–water partition coefficient (Wildman–Crippen LogP) is 1.41. The van der Waals surface area contributed by atoms with Gasteiger partial charge < -0.3 is 16.4 Å². The first-order valence-corrected chi connectivity index (χ1v) is 7.04. The van der Waals surface area contributed by atoms with Crippen LogP contribution in [0.3, 0.4) is 0 Å². The molecule has 0 bridgehead atoms. The van der Waals surface area contributed by atoms with Crippen LogP contribution in [0.1, 0.15) is 31.2 Å². The molecule has 2 rings (SSSR count). The van der Waals surface area contributed by atoms with Crippen LogP contribution in [0.4, 0.5) is 5.69 Å². The summed E-state index contributed by atoms with van der Waals surface area (Å²) in [6.07, 6.45) is 3.69. The molecule has 116 valence electrons. The molecule has 1 fully saturated rings. The van der Waals surface area contributed by atoms with Crippen molar-refractivity contribution in [1.29, 1.82) is 0 Å². The lowest BCUT2D eigenvalue weighted by molar-refractivity contribution is -0.122. The summed E-state index contributed by atoms with van der Waals surface area (Å²) in [4.78, 5) is 23.1. The van der Waals surface area contributed by atoms with Gasteiger partial charge in [-0.2, -0.15) is 0 Å². The number of nitrogen functional groups attached to an aromatic ring is 1. The molecule has 0 spiro atoms. The van der Waals surface area contributed by atoms with Crippen molar-refractivity contribution in [2.24, 2.45) is 0 Å². The highest BCUT2D eigenvalue weighted by molar-refractivity contribution is 5.85. The van der Waals surface area contributed by atoms with Crippen LogP contribution >= 0.6 is 12.4 Å². The Balaban J connectivity index is 0.00000220. The largest absolute Gasteiger partial charge is 0.399 e. The van der Waals surface area contributed by atoms with Crippen molar-refractivity contribution < 1.29 is 9.59 Å². The summed E-state index contributed by atoms with van der Waals surface area (Å²) in [6, 6.07) is 7.66. The number of rotatable bonds is 7. The minimum atomic E-state index is -0.0302. The molecule has 21 heavy (non-hydrogen) atoms. The number of nitrogens with two attached hydrogens (primary N) is 1. The lowest BCUT2D eigenvalue weighted by Gasteiger charge is -2.06.